The lowest BCUT2D eigenvalue weighted by atomic mass is 10.1. The monoisotopic (exact) mass is 233 g/mol. The second-order valence-electron chi connectivity index (χ2n) is 3.31. The predicted molar refractivity (Wildman–Crippen MR) is 62.4 cm³/mol. The second-order valence-corrected chi connectivity index (χ2v) is 4.29. The Labute approximate surface area is 93.5 Å². The first kappa shape index (κ1) is 9.17. The summed E-state index contributed by atoms with van der Waals surface area (Å²) < 4.78 is 5.79. The minimum absolute atomic E-state index is 0.299. The molecular formula is C10H7N3O2S. The van der Waals surface area contributed by atoms with E-state index in [9.17, 15) is 4.79 Å². The van der Waals surface area contributed by atoms with Crippen LogP contribution in [0.25, 0.3) is 21.4 Å². The molecule has 0 atom stereocenters. The van der Waals surface area contributed by atoms with Gasteiger partial charge in [0.1, 0.15) is 11.4 Å². The molecule has 0 aliphatic heterocycles. The Hall–Kier alpha value is -2.08. The number of anilines is 1. The number of hydrogen-bond acceptors (Lipinski definition) is 5. The molecule has 0 fully saturated rings. The molecule has 0 saturated carbocycles. The van der Waals surface area contributed by atoms with E-state index in [1.807, 2.05) is 12.1 Å². The zero-order valence-electron chi connectivity index (χ0n) is 8.06. The maximum absolute atomic E-state index is 11.1. The summed E-state index contributed by atoms with van der Waals surface area (Å²) >= 11 is 1.08. The lowest BCUT2D eigenvalue weighted by molar-refractivity contribution is 0.585. The van der Waals surface area contributed by atoms with Crippen LogP contribution in [0, 0.1) is 0 Å². The summed E-state index contributed by atoms with van der Waals surface area (Å²) in [5.74, 6) is 0.509. The van der Waals surface area contributed by atoms with E-state index in [0.29, 0.717) is 11.4 Å². The van der Waals surface area contributed by atoms with Crippen molar-refractivity contribution in [3.63, 3.8) is 0 Å². The van der Waals surface area contributed by atoms with Crippen LogP contribution in [0.2, 0.25) is 0 Å². The summed E-state index contributed by atoms with van der Waals surface area (Å²) in [6.07, 6.45) is 1.65. The minimum Gasteiger partial charge on any atom is -0.414 e. The van der Waals surface area contributed by atoms with Crippen molar-refractivity contribution < 1.29 is 4.42 Å². The van der Waals surface area contributed by atoms with Crippen LogP contribution in [-0.4, -0.2) is 10.2 Å². The molecule has 3 rings (SSSR count). The molecule has 0 aliphatic rings. The van der Waals surface area contributed by atoms with Crippen LogP contribution in [0.5, 0.6) is 0 Å². The molecular weight excluding hydrogens is 226 g/mol. The Morgan fingerprint density at radius 2 is 2.31 bits per heavy atom. The van der Waals surface area contributed by atoms with Gasteiger partial charge in [-0.2, -0.15) is 5.10 Å². The van der Waals surface area contributed by atoms with Crippen molar-refractivity contribution in [2.45, 2.75) is 0 Å². The number of aromatic amines is 1. The number of nitrogens with two attached hydrogens (primary N) is 1. The SMILES string of the molecule is Nc1[nH]ncc1-c1ccc2oc(=O)sc2c1. The third-order valence-electron chi connectivity index (χ3n) is 2.31. The number of nitrogens with one attached hydrogen (secondary N) is 1. The fourth-order valence-corrected chi connectivity index (χ4v) is 2.27. The van der Waals surface area contributed by atoms with Crippen LogP contribution in [0.4, 0.5) is 5.82 Å². The van der Waals surface area contributed by atoms with Gasteiger partial charge in [0.15, 0.2) is 0 Å². The number of H-pyrrole nitrogens is 1. The maximum atomic E-state index is 11.1. The Balaban J connectivity index is 2.26. The average molecular weight is 233 g/mol. The van der Waals surface area contributed by atoms with Gasteiger partial charge in [0, 0.05) is 5.56 Å². The summed E-state index contributed by atoms with van der Waals surface area (Å²) in [6.45, 7) is 0. The highest BCUT2D eigenvalue weighted by Crippen LogP contribution is 2.28. The van der Waals surface area contributed by atoms with Gasteiger partial charge >= 0.3 is 4.94 Å². The van der Waals surface area contributed by atoms with Crippen LogP contribution < -0.4 is 10.7 Å². The van der Waals surface area contributed by atoms with E-state index in [0.717, 1.165) is 27.2 Å². The van der Waals surface area contributed by atoms with Crippen LogP contribution in [0.15, 0.2) is 33.6 Å². The molecule has 3 aromatic rings. The highest BCUT2D eigenvalue weighted by Gasteiger charge is 2.07. The van der Waals surface area contributed by atoms with Crippen molar-refractivity contribution >= 4 is 27.4 Å². The first-order valence-electron chi connectivity index (χ1n) is 4.57. The van der Waals surface area contributed by atoms with E-state index in [4.69, 9.17) is 10.2 Å². The zero-order valence-corrected chi connectivity index (χ0v) is 8.88. The van der Waals surface area contributed by atoms with Crippen molar-refractivity contribution in [3.8, 4) is 11.1 Å². The molecule has 3 N–H and O–H groups in total. The molecule has 80 valence electrons. The highest BCUT2D eigenvalue weighted by molar-refractivity contribution is 7.16. The summed E-state index contributed by atoms with van der Waals surface area (Å²) in [6, 6.07) is 5.47. The van der Waals surface area contributed by atoms with Crippen molar-refractivity contribution in [3.05, 3.63) is 34.1 Å². The molecule has 16 heavy (non-hydrogen) atoms. The van der Waals surface area contributed by atoms with Crippen LogP contribution >= 0.6 is 11.3 Å². The van der Waals surface area contributed by atoms with Crippen molar-refractivity contribution in [2.24, 2.45) is 0 Å². The Bertz CT molecular complexity index is 710. The molecule has 0 saturated heterocycles. The molecule has 0 unspecified atom stereocenters. The summed E-state index contributed by atoms with van der Waals surface area (Å²) in [5, 5.41) is 6.52. The minimum atomic E-state index is -0.299. The first-order valence-corrected chi connectivity index (χ1v) is 5.38. The number of rotatable bonds is 1. The van der Waals surface area contributed by atoms with Crippen LogP contribution in [-0.2, 0) is 0 Å². The Morgan fingerprint density at radius 3 is 3.06 bits per heavy atom. The Morgan fingerprint density at radius 1 is 1.44 bits per heavy atom. The first-order chi connectivity index (χ1) is 7.74. The number of aromatic nitrogens is 2. The summed E-state index contributed by atoms with van der Waals surface area (Å²) in [7, 11) is 0. The van der Waals surface area contributed by atoms with E-state index in [2.05, 4.69) is 10.2 Å². The van der Waals surface area contributed by atoms with Crippen LogP contribution in [0.3, 0.4) is 0 Å². The molecule has 0 spiro atoms. The highest BCUT2D eigenvalue weighted by atomic mass is 32.1. The molecule has 1 aromatic carbocycles. The number of fused-ring (bicyclic) bond motifs is 1. The van der Waals surface area contributed by atoms with Gasteiger partial charge < -0.3 is 10.2 Å². The third-order valence-corrected chi connectivity index (χ3v) is 3.10. The largest absolute Gasteiger partial charge is 0.414 e. The molecule has 5 nitrogen and oxygen atoms in total. The standard InChI is InChI=1S/C10H7N3O2S/c11-9-6(4-12-13-9)5-1-2-7-8(3-5)16-10(14)15-7/h1-4H,(H3,11,12,13). The fraction of sp³-hybridized carbons (Fsp3) is 0. The molecule has 0 amide bonds. The molecule has 0 bridgehead atoms. The van der Waals surface area contributed by atoms with Gasteiger partial charge in [0.25, 0.3) is 0 Å². The van der Waals surface area contributed by atoms with E-state index in [-0.39, 0.29) is 4.94 Å². The fourth-order valence-electron chi connectivity index (χ4n) is 1.57. The van der Waals surface area contributed by atoms with Gasteiger partial charge in [-0.1, -0.05) is 17.4 Å². The van der Waals surface area contributed by atoms with E-state index >= 15 is 0 Å². The van der Waals surface area contributed by atoms with Crippen molar-refractivity contribution in [2.75, 3.05) is 5.73 Å². The molecule has 0 radical (unpaired) electrons. The van der Waals surface area contributed by atoms with Gasteiger partial charge in [-0.3, -0.25) is 5.10 Å². The van der Waals surface area contributed by atoms with Crippen molar-refractivity contribution in [1.29, 1.82) is 0 Å². The third kappa shape index (κ3) is 1.31. The van der Waals surface area contributed by atoms with Gasteiger partial charge in [0.05, 0.1) is 10.9 Å². The number of nitrogen functional groups attached to an aromatic ring is 1. The van der Waals surface area contributed by atoms with Gasteiger partial charge in [-0.05, 0) is 17.7 Å². The van der Waals surface area contributed by atoms with E-state index in [1.165, 1.54) is 0 Å². The Kier molecular flexibility index (Phi) is 1.84. The second kappa shape index (κ2) is 3.21. The lowest BCUT2D eigenvalue weighted by Gasteiger charge is -1.97. The molecule has 0 aliphatic carbocycles. The van der Waals surface area contributed by atoms with Gasteiger partial charge in [-0.15, -0.1) is 0 Å². The van der Waals surface area contributed by atoms with Crippen LogP contribution in [0.1, 0.15) is 0 Å². The quantitative estimate of drug-likeness (QED) is 0.671. The maximum Gasteiger partial charge on any atom is 0.396 e. The summed E-state index contributed by atoms with van der Waals surface area (Å²) in [4.78, 5) is 10.8. The number of nitrogens with zero attached hydrogens (tertiary/aromatic N) is 1. The summed E-state index contributed by atoms with van der Waals surface area (Å²) in [5.41, 5.74) is 8.05. The predicted octanol–water partition coefficient (Wildman–Crippen LogP) is 1.83. The normalized spacial score (nSPS) is 11.0. The lowest BCUT2D eigenvalue weighted by Crippen LogP contribution is -1.87. The van der Waals surface area contributed by atoms with E-state index < -0.39 is 0 Å². The smallest absolute Gasteiger partial charge is 0.396 e. The topological polar surface area (TPSA) is 84.9 Å². The van der Waals surface area contributed by atoms with Crippen molar-refractivity contribution in [1.82, 2.24) is 10.2 Å². The molecule has 6 heteroatoms. The number of benzene rings is 1. The van der Waals surface area contributed by atoms with E-state index in [1.54, 1.807) is 12.3 Å². The molecule has 2 aromatic heterocycles. The zero-order chi connectivity index (χ0) is 11.1. The van der Waals surface area contributed by atoms with Gasteiger partial charge in [-0.25, -0.2) is 4.79 Å². The van der Waals surface area contributed by atoms with Gasteiger partial charge in [0.2, 0.25) is 0 Å². The average Bonchev–Trinajstić information content (AvgIpc) is 2.81. The molecule has 2 heterocycles. The number of hydrogen-bond donors (Lipinski definition) is 2.